The minimum atomic E-state index is -4.39. The Morgan fingerprint density at radius 3 is 2.58 bits per heavy atom. The molecule has 11 nitrogen and oxygen atoms in total. The minimum absolute atomic E-state index is 0.0640. The van der Waals surface area contributed by atoms with Gasteiger partial charge in [0.15, 0.2) is 0 Å². The Kier molecular flexibility index (Phi) is 7.19. The van der Waals surface area contributed by atoms with Gasteiger partial charge in [-0.3, -0.25) is 4.79 Å². The van der Waals surface area contributed by atoms with Gasteiger partial charge in [-0.25, -0.2) is 32.9 Å². The molecule has 224 valence electrons. The highest BCUT2D eigenvalue weighted by Gasteiger charge is 2.46. The highest BCUT2D eigenvalue weighted by Crippen LogP contribution is 2.46. The lowest BCUT2D eigenvalue weighted by Gasteiger charge is -2.20. The van der Waals surface area contributed by atoms with Crippen LogP contribution in [0.3, 0.4) is 0 Å². The number of pyridine rings is 1. The van der Waals surface area contributed by atoms with Crippen molar-refractivity contribution < 1.29 is 22.7 Å². The van der Waals surface area contributed by atoms with Gasteiger partial charge in [0.1, 0.15) is 22.0 Å². The maximum atomic E-state index is 13.3. The summed E-state index contributed by atoms with van der Waals surface area (Å²) in [6, 6.07) is 10.6. The summed E-state index contributed by atoms with van der Waals surface area (Å²) >= 11 is 0. The van der Waals surface area contributed by atoms with E-state index in [1.54, 1.807) is 45.2 Å². The van der Waals surface area contributed by atoms with E-state index in [4.69, 9.17) is 9.72 Å². The van der Waals surface area contributed by atoms with Gasteiger partial charge in [-0.1, -0.05) is 12.1 Å². The zero-order valence-corrected chi connectivity index (χ0v) is 25.3. The average molecular weight is 603 g/mol. The van der Waals surface area contributed by atoms with Crippen molar-refractivity contribution in [3.05, 3.63) is 83.3 Å². The first-order valence-corrected chi connectivity index (χ1v) is 15.8. The van der Waals surface area contributed by atoms with Crippen molar-refractivity contribution in [3.63, 3.8) is 0 Å². The SMILES string of the molecule is Cc1ccnc([C@H]2C[C@@H]2C(=O)Nc2cc(Cc3cn4cc(C5CC5)ccc4n3)ccc2S(=O)(=O)NC(=O)OC(C)(C)C)n1. The van der Waals surface area contributed by atoms with E-state index in [9.17, 15) is 18.0 Å². The Bertz CT molecular complexity index is 1840. The van der Waals surface area contributed by atoms with E-state index in [0.29, 0.717) is 24.6 Å². The van der Waals surface area contributed by atoms with Crippen molar-refractivity contribution in [2.24, 2.45) is 5.92 Å². The van der Waals surface area contributed by atoms with Crippen LogP contribution in [-0.4, -0.2) is 45.4 Å². The normalized spacial score (nSPS) is 18.3. The lowest BCUT2D eigenvalue weighted by molar-refractivity contribution is -0.117. The van der Waals surface area contributed by atoms with Gasteiger partial charge >= 0.3 is 6.09 Å². The minimum Gasteiger partial charge on any atom is -0.443 e. The van der Waals surface area contributed by atoms with E-state index in [0.717, 1.165) is 22.6 Å². The number of hydrogen-bond acceptors (Lipinski definition) is 8. The van der Waals surface area contributed by atoms with Crippen molar-refractivity contribution in [1.29, 1.82) is 0 Å². The molecule has 6 rings (SSSR count). The number of imidazole rings is 1. The molecule has 12 heteroatoms. The predicted octanol–water partition coefficient (Wildman–Crippen LogP) is 4.86. The fraction of sp³-hybridized carbons (Fsp3) is 0.387. The smallest absolute Gasteiger partial charge is 0.421 e. The molecule has 0 bridgehead atoms. The number of ether oxygens (including phenoxy) is 1. The van der Waals surface area contributed by atoms with Crippen LogP contribution in [0.2, 0.25) is 0 Å². The highest BCUT2D eigenvalue weighted by atomic mass is 32.2. The number of benzene rings is 1. The van der Waals surface area contributed by atoms with Crippen molar-refractivity contribution >= 4 is 33.4 Å². The van der Waals surface area contributed by atoms with Crippen molar-refractivity contribution in [2.45, 2.75) is 75.7 Å². The lowest BCUT2D eigenvalue weighted by Crippen LogP contribution is -2.36. The molecule has 2 aliphatic rings. The summed E-state index contributed by atoms with van der Waals surface area (Å²) in [5.74, 6) is 0.306. The van der Waals surface area contributed by atoms with E-state index < -0.39 is 27.6 Å². The zero-order valence-electron chi connectivity index (χ0n) is 24.5. The van der Waals surface area contributed by atoms with Gasteiger partial charge in [-0.05, 0) is 88.3 Å². The molecule has 0 aliphatic heterocycles. The first kappa shape index (κ1) is 28.8. The number of anilines is 1. The van der Waals surface area contributed by atoms with Crippen LogP contribution >= 0.6 is 0 Å². The summed E-state index contributed by atoms with van der Waals surface area (Å²) in [4.78, 5) is 38.9. The second kappa shape index (κ2) is 10.7. The zero-order chi connectivity index (χ0) is 30.5. The predicted molar refractivity (Wildman–Crippen MR) is 159 cm³/mol. The summed E-state index contributed by atoms with van der Waals surface area (Å²) in [6.07, 6.45) is 8.00. The number of aryl methyl sites for hydroxylation is 1. The van der Waals surface area contributed by atoms with Gasteiger partial charge in [0.05, 0.1) is 11.4 Å². The van der Waals surface area contributed by atoms with Gasteiger partial charge in [-0.2, -0.15) is 0 Å². The molecule has 0 saturated heterocycles. The van der Waals surface area contributed by atoms with Crippen LogP contribution in [0.25, 0.3) is 5.65 Å². The molecule has 2 atom stereocenters. The van der Waals surface area contributed by atoms with Gasteiger partial charge in [0.2, 0.25) is 5.91 Å². The molecule has 3 aromatic heterocycles. The molecule has 2 aliphatic carbocycles. The second-order valence-electron chi connectivity index (χ2n) is 12.3. The van der Waals surface area contributed by atoms with Gasteiger partial charge in [0.25, 0.3) is 10.0 Å². The van der Waals surface area contributed by atoms with Crippen LogP contribution in [0.4, 0.5) is 10.5 Å². The summed E-state index contributed by atoms with van der Waals surface area (Å²) in [5, 5.41) is 2.80. The van der Waals surface area contributed by atoms with Crippen molar-refractivity contribution in [1.82, 2.24) is 24.1 Å². The molecule has 2 amide bonds. The number of amides is 2. The Labute approximate surface area is 250 Å². The summed E-state index contributed by atoms with van der Waals surface area (Å²) in [6.45, 7) is 6.76. The van der Waals surface area contributed by atoms with Crippen molar-refractivity contribution in [3.8, 4) is 0 Å². The largest absolute Gasteiger partial charge is 0.443 e. The van der Waals surface area contributed by atoms with Gasteiger partial charge < -0.3 is 14.5 Å². The van der Waals surface area contributed by atoms with Crippen molar-refractivity contribution in [2.75, 3.05) is 5.32 Å². The molecule has 2 N–H and O–H groups in total. The maximum Gasteiger partial charge on any atom is 0.421 e. The molecule has 2 fully saturated rings. The van der Waals surface area contributed by atoms with Crippen LogP contribution in [-0.2, 0) is 26.0 Å². The summed E-state index contributed by atoms with van der Waals surface area (Å²) < 4.78 is 35.8. The van der Waals surface area contributed by atoms with E-state index in [2.05, 4.69) is 27.5 Å². The number of nitrogens with zero attached hydrogens (tertiary/aromatic N) is 4. The lowest BCUT2D eigenvalue weighted by atomic mass is 10.1. The standard InChI is InChI=1S/C31H34N6O5S/c1-18-11-12-32-28(33-18)23-15-24(23)29(38)35-25-14-19(5-9-26(25)43(40,41)36-30(39)42-31(2,3)4)13-22-17-37-16-21(20-6-7-20)8-10-27(37)34-22/h5,8-12,14,16-17,20,23-24H,6-7,13,15H2,1-4H3,(H,35,38)(H,36,39)/t23-,24-/m0/s1. The summed E-state index contributed by atoms with van der Waals surface area (Å²) in [7, 11) is -4.39. The summed E-state index contributed by atoms with van der Waals surface area (Å²) in [5.41, 5.74) is 3.63. The molecule has 4 aromatic rings. The third-order valence-electron chi connectivity index (χ3n) is 7.44. The Balaban J connectivity index is 1.27. The number of sulfonamides is 1. The highest BCUT2D eigenvalue weighted by molar-refractivity contribution is 7.90. The van der Waals surface area contributed by atoms with Crippen LogP contribution in [0, 0.1) is 12.8 Å². The Hall–Kier alpha value is -4.32. The number of carbonyl (C=O) groups is 2. The van der Waals surface area contributed by atoms with Crippen LogP contribution in [0.5, 0.6) is 0 Å². The van der Waals surface area contributed by atoms with Crippen LogP contribution in [0.15, 0.2) is 59.9 Å². The molecule has 1 aromatic carbocycles. The Morgan fingerprint density at radius 2 is 1.86 bits per heavy atom. The van der Waals surface area contributed by atoms with E-state index >= 15 is 0 Å². The number of aromatic nitrogens is 4. The molecular formula is C31H34N6O5S. The molecule has 0 unspecified atom stereocenters. The quantitative estimate of drug-likeness (QED) is 0.291. The number of fused-ring (bicyclic) bond motifs is 1. The molecule has 0 spiro atoms. The molecule has 0 radical (unpaired) electrons. The fourth-order valence-electron chi connectivity index (χ4n) is 5.14. The van der Waals surface area contributed by atoms with Crippen LogP contribution in [0.1, 0.15) is 80.2 Å². The number of carbonyl (C=O) groups excluding carboxylic acids is 2. The Morgan fingerprint density at radius 1 is 1.07 bits per heavy atom. The van der Waals surface area contributed by atoms with Crippen LogP contribution < -0.4 is 10.0 Å². The maximum absolute atomic E-state index is 13.3. The van der Waals surface area contributed by atoms with E-state index in [1.807, 2.05) is 28.3 Å². The first-order chi connectivity index (χ1) is 20.3. The molecule has 3 heterocycles. The molecule has 43 heavy (non-hydrogen) atoms. The third-order valence-corrected chi connectivity index (χ3v) is 8.81. The van der Waals surface area contributed by atoms with E-state index in [-0.39, 0.29) is 22.4 Å². The second-order valence-corrected chi connectivity index (χ2v) is 14.0. The third kappa shape index (κ3) is 6.69. The van der Waals surface area contributed by atoms with Gasteiger partial charge in [0, 0.05) is 42.5 Å². The topological polar surface area (TPSA) is 145 Å². The monoisotopic (exact) mass is 602 g/mol. The number of nitrogens with one attached hydrogen (secondary N) is 2. The first-order valence-electron chi connectivity index (χ1n) is 14.3. The average Bonchev–Trinajstić information content (AvgIpc) is 3.83. The molecule has 2 saturated carbocycles. The fourth-order valence-corrected chi connectivity index (χ4v) is 6.16. The van der Waals surface area contributed by atoms with E-state index in [1.165, 1.54) is 24.5 Å². The molecular weight excluding hydrogens is 568 g/mol. The number of hydrogen-bond donors (Lipinski definition) is 2. The number of rotatable bonds is 8. The van der Waals surface area contributed by atoms with Gasteiger partial charge in [-0.15, -0.1) is 0 Å².